The fraction of sp³-hybridized carbons (Fsp3) is 0.421. The zero-order valence-corrected chi connectivity index (χ0v) is 15.6. The van der Waals surface area contributed by atoms with Crippen LogP contribution in [0.1, 0.15) is 19.4 Å². The zero-order chi connectivity index (χ0) is 19.2. The second-order valence-corrected chi connectivity index (χ2v) is 6.75. The Labute approximate surface area is 158 Å². The minimum Gasteiger partial charge on any atom is -0.347 e. The predicted octanol–water partition coefficient (Wildman–Crippen LogP) is 2.12. The number of halogens is 1. The fourth-order valence-corrected chi connectivity index (χ4v) is 3.36. The van der Waals surface area contributed by atoms with Gasteiger partial charge in [0.25, 0.3) is 0 Å². The number of rotatable bonds is 4. The summed E-state index contributed by atoms with van der Waals surface area (Å²) in [7, 11) is 1.71. The topological polar surface area (TPSA) is 74.6 Å². The van der Waals surface area contributed by atoms with Crippen molar-refractivity contribution in [3.8, 4) is 0 Å². The smallest absolute Gasteiger partial charge is 0.243 e. The molecule has 0 aliphatic carbocycles. The lowest BCUT2D eigenvalue weighted by molar-refractivity contribution is -0.115. The Hall–Kier alpha value is -2.90. The van der Waals surface area contributed by atoms with Gasteiger partial charge in [0.05, 0.1) is 18.9 Å². The maximum absolute atomic E-state index is 13.2. The number of anilines is 1. The van der Waals surface area contributed by atoms with Gasteiger partial charge in [-0.25, -0.2) is 9.37 Å². The molecule has 1 aromatic heterocycles. The van der Waals surface area contributed by atoms with Crippen molar-refractivity contribution in [2.24, 2.45) is 10.9 Å². The van der Waals surface area contributed by atoms with Gasteiger partial charge in [-0.3, -0.25) is 9.79 Å². The van der Waals surface area contributed by atoms with Crippen LogP contribution in [0.15, 0.2) is 48.0 Å². The molecule has 2 aromatic rings. The number of likely N-dealkylation sites (tertiary alicyclic amines) is 1. The number of benzene rings is 1. The van der Waals surface area contributed by atoms with Crippen molar-refractivity contribution in [1.29, 1.82) is 0 Å². The first kappa shape index (κ1) is 18.9. The average Bonchev–Trinajstić information content (AvgIpc) is 3.18. The number of nitrogens with one attached hydrogen (secondary N) is 2. The number of nitrogens with zero attached hydrogens (tertiary/aromatic N) is 4. The number of aliphatic imine (C=N–C) groups is 1. The van der Waals surface area contributed by atoms with Crippen molar-refractivity contribution in [2.75, 3.05) is 32.0 Å². The van der Waals surface area contributed by atoms with Crippen LogP contribution in [-0.2, 0) is 4.79 Å². The summed E-state index contributed by atoms with van der Waals surface area (Å²) in [5.74, 6) is 0.578. The van der Waals surface area contributed by atoms with Gasteiger partial charge >= 0.3 is 0 Å². The Bertz CT molecular complexity index is 791. The van der Waals surface area contributed by atoms with Crippen molar-refractivity contribution in [3.05, 3.63) is 48.8 Å². The molecule has 2 heterocycles. The van der Waals surface area contributed by atoms with Crippen molar-refractivity contribution in [1.82, 2.24) is 19.8 Å². The molecule has 1 aromatic carbocycles. The molecule has 3 rings (SSSR count). The van der Waals surface area contributed by atoms with E-state index in [1.54, 1.807) is 25.4 Å². The van der Waals surface area contributed by atoms with Crippen LogP contribution in [0, 0.1) is 11.7 Å². The van der Waals surface area contributed by atoms with E-state index >= 15 is 0 Å². The highest BCUT2D eigenvalue weighted by atomic mass is 19.1. The molecule has 7 nitrogen and oxygen atoms in total. The number of piperidine rings is 1. The molecule has 1 aliphatic rings. The third-order valence-electron chi connectivity index (χ3n) is 4.85. The molecule has 1 saturated heterocycles. The average molecular weight is 372 g/mol. The van der Waals surface area contributed by atoms with Crippen molar-refractivity contribution in [2.45, 2.75) is 19.4 Å². The number of carbonyl (C=O) groups is 1. The first-order valence-electron chi connectivity index (χ1n) is 9.05. The number of amides is 1. The van der Waals surface area contributed by atoms with E-state index in [-0.39, 0.29) is 18.3 Å². The number of hydrogen-bond acceptors (Lipinski definition) is 3. The van der Waals surface area contributed by atoms with Crippen LogP contribution in [-0.4, -0.2) is 53.0 Å². The van der Waals surface area contributed by atoms with E-state index in [0.717, 1.165) is 19.5 Å². The van der Waals surface area contributed by atoms with E-state index in [9.17, 15) is 9.18 Å². The molecular formula is C19H25FN6O. The van der Waals surface area contributed by atoms with Crippen LogP contribution in [0.5, 0.6) is 0 Å². The number of imidazole rings is 1. The molecule has 0 saturated carbocycles. The van der Waals surface area contributed by atoms with E-state index in [4.69, 9.17) is 0 Å². The maximum atomic E-state index is 13.2. The summed E-state index contributed by atoms with van der Waals surface area (Å²) in [6.07, 6.45) is 6.63. The van der Waals surface area contributed by atoms with E-state index in [1.807, 2.05) is 12.5 Å². The van der Waals surface area contributed by atoms with Crippen molar-refractivity contribution < 1.29 is 9.18 Å². The zero-order valence-electron chi connectivity index (χ0n) is 15.6. The summed E-state index contributed by atoms with van der Waals surface area (Å²) < 4.78 is 15.3. The van der Waals surface area contributed by atoms with E-state index in [0.29, 0.717) is 23.6 Å². The molecule has 1 fully saturated rings. The van der Waals surface area contributed by atoms with Gasteiger partial charge in [-0.15, -0.1) is 0 Å². The fourth-order valence-electron chi connectivity index (χ4n) is 3.36. The molecule has 0 radical (unpaired) electrons. The van der Waals surface area contributed by atoms with E-state index < -0.39 is 0 Å². The molecule has 27 heavy (non-hydrogen) atoms. The second-order valence-electron chi connectivity index (χ2n) is 6.75. The molecule has 2 atom stereocenters. The molecule has 0 bridgehead atoms. The van der Waals surface area contributed by atoms with E-state index in [2.05, 4.69) is 37.0 Å². The van der Waals surface area contributed by atoms with Crippen LogP contribution in [0.2, 0.25) is 0 Å². The normalized spacial score (nSPS) is 20.4. The van der Waals surface area contributed by atoms with Crippen LogP contribution < -0.4 is 10.6 Å². The second kappa shape index (κ2) is 8.66. The van der Waals surface area contributed by atoms with Crippen LogP contribution in [0.4, 0.5) is 10.1 Å². The third-order valence-corrected chi connectivity index (χ3v) is 4.85. The SMILES string of the molecule is CN=C(NCC(=O)Nc1cccc(F)c1)N1CCC(C)C(n2ccnc2)C1. The summed E-state index contributed by atoms with van der Waals surface area (Å²) >= 11 is 0. The standard InChI is InChI=1S/C19H25FN6O/c1-14-6-8-25(12-17(14)26-9-7-22-13-26)19(21-2)23-11-18(27)24-16-5-3-4-15(20)10-16/h3-5,7,9-10,13-14,17H,6,8,11-12H2,1-2H3,(H,21,23)(H,24,27). The summed E-state index contributed by atoms with van der Waals surface area (Å²) in [5.41, 5.74) is 0.434. The Kier molecular flexibility index (Phi) is 6.05. The molecule has 8 heteroatoms. The first-order valence-corrected chi connectivity index (χ1v) is 9.05. The molecule has 2 N–H and O–H groups in total. The van der Waals surface area contributed by atoms with Crippen molar-refractivity contribution in [3.63, 3.8) is 0 Å². The van der Waals surface area contributed by atoms with E-state index in [1.165, 1.54) is 12.1 Å². The summed E-state index contributed by atoms with van der Waals surface area (Å²) in [4.78, 5) is 22.8. The molecule has 1 amide bonds. The van der Waals surface area contributed by atoms with Crippen molar-refractivity contribution >= 4 is 17.6 Å². The van der Waals surface area contributed by atoms with Gasteiger partial charge in [-0.1, -0.05) is 13.0 Å². The molecule has 2 unspecified atom stereocenters. The monoisotopic (exact) mass is 372 g/mol. The lowest BCUT2D eigenvalue weighted by atomic mass is 9.93. The molecular weight excluding hydrogens is 347 g/mol. The van der Waals surface area contributed by atoms with Gasteiger partial charge < -0.3 is 20.1 Å². The van der Waals surface area contributed by atoms with Crippen LogP contribution in [0.3, 0.4) is 0 Å². The van der Waals surface area contributed by atoms with Gasteiger partial charge in [-0.2, -0.15) is 0 Å². The van der Waals surface area contributed by atoms with Gasteiger partial charge in [0.1, 0.15) is 5.82 Å². The molecule has 0 spiro atoms. The third kappa shape index (κ3) is 4.84. The largest absolute Gasteiger partial charge is 0.347 e. The highest BCUT2D eigenvalue weighted by Crippen LogP contribution is 2.27. The molecule has 1 aliphatic heterocycles. The first-order chi connectivity index (χ1) is 13.1. The molecule has 144 valence electrons. The Balaban J connectivity index is 1.56. The Morgan fingerprint density at radius 3 is 3.00 bits per heavy atom. The Morgan fingerprint density at radius 1 is 1.44 bits per heavy atom. The minimum absolute atomic E-state index is 0.0605. The highest BCUT2D eigenvalue weighted by molar-refractivity contribution is 5.95. The summed E-state index contributed by atoms with van der Waals surface area (Å²) in [5, 5.41) is 5.78. The van der Waals surface area contributed by atoms with Crippen LogP contribution in [0.25, 0.3) is 0 Å². The quantitative estimate of drug-likeness (QED) is 0.637. The Morgan fingerprint density at radius 2 is 2.30 bits per heavy atom. The predicted molar refractivity (Wildman–Crippen MR) is 103 cm³/mol. The van der Waals surface area contributed by atoms with Gasteiger partial charge in [-0.05, 0) is 30.5 Å². The maximum Gasteiger partial charge on any atom is 0.243 e. The highest BCUT2D eigenvalue weighted by Gasteiger charge is 2.29. The number of guanidine groups is 1. The van der Waals surface area contributed by atoms with Crippen LogP contribution >= 0.6 is 0 Å². The summed E-state index contributed by atoms with van der Waals surface area (Å²) in [6.45, 7) is 3.97. The number of aromatic nitrogens is 2. The lowest BCUT2D eigenvalue weighted by Gasteiger charge is -2.39. The van der Waals surface area contributed by atoms with Gasteiger partial charge in [0.15, 0.2) is 5.96 Å². The number of carbonyl (C=O) groups excluding carboxylic acids is 1. The minimum atomic E-state index is -0.385. The number of hydrogen-bond donors (Lipinski definition) is 2. The summed E-state index contributed by atoms with van der Waals surface area (Å²) in [6, 6.07) is 6.14. The van der Waals surface area contributed by atoms with Gasteiger partial charge in [0, 0.05) is 38.2 Å². The lowest BCUT2D eigenvalue weighted by Crippen LogP contribution is -2.50. The van der Waals surface area contributed by atoms with Gasteiger partial charge in [0.2, 0.25) is 5.91 Å².